The van der Waals surface area contributed by atoms with Crippen LogP contribution in [0, 0.1) is 5.92 Å². The molecule has 0 saturated carbocycles. The highest BCUT2D eigenvalue weighted by Crippen LogP contribution is 2.51. The number of allylic oxidation sites excluding steroid dienone is 12. The van der Waals surface area contributed by atoms with Gasteiger partial charge in [0.25, 0.3) is 5.56 Å². The molecule has 0 amide bonds. The van der Waals surface area contributed by atoms with E-state index in [2.05, 4.69) is 67.7 Å². The fourth-order valence-corrected chi connectivity index (χ4v) is 8.08. The first-order valence-corrected chi connectivity index (χ1v) is 22.6. The lowest BCUT2D eigenvalue weighted by Crippen LogP contribution is -2.43. The first-order valence-electron chi connectivity index (χ1n) is 20.8. The van der Waals surface area contributed by atoms with Crippen molar-refractivity contribution in [2.45, 2.75) is 121 Å². The van der Waals surface area contributed by atoms with Gasteiger partial charge in [-0.05, 0) is 76.8 Å². The number of carboxylic acids is 1. The van der Waals surface area contributed by atoms with Crippen LogP contribution < -0.4 is 15.8 Å². The number of hydrogen-bond donors (Lipinski definition) is 3. The molecule has 1 aliphatic rings. The Balaban J connectivity index is 1.38. The lowest BCUT2D eigenvalue weighted by molar-refractivity contribution is -0.144. The van der Waals surface area contributed by atoms with Gasteiger partial charge < -0.3 is 19.5 Å². The Bertz CT molecular complexity index is 1950. The Kier molecular flexibility index (Phi) is 22.5. The summed E-state index contributed by atoms with van der Waals surface area (Å²) in [4.78, 5) is 50.5. The number of benzene rings is 1. The monoisotopic (exact) mass is 852 g/mol. The quantitative estimate of drug-likeness (QED) is 0.0406. The second-order valence-corrected chi connectivity index (χ2v) is 16.9. The molecule has 2 aromatic rings. The number of aromatic nitrogens is 2. The Hall–Kier alpha value is -4.68. The summed E-state index contributed by atoms with van der Waals surface area (Å²) in [6.07, 6.45) is 29.4. The van der Waals surface area contributed by atoms with Crippen LogP contribution >= 0.6 is 7.60 Å². The molecule has 1 aliphatic heterocycles. The summed E-state index contributed by atoms with van der Waals surface area (Å²) in [5.41, 5.74) is -4.09. The van der Waals surface area contributed by atoms with Crippen LogP contribution in [0.3, 0.4) is 0 Å². The molecule has 12 nitrogen and oxygen atoms in total. The summed E-state index contributed by atoms with van der Waals surface area (Å²) in [7, 11) is -3.93. The average Bonchev–Trinajstić information content (AvgIpc) is 3.44. The van der Waals surface area contributed by atoms with Gasteiger partial charge in [-0.15, -0.1) is 0 Å². The van der Waals surface area contributed by atoms with E-state index in [-0.39, 0.29) is 37.0 Å². The molecule has 2 heterocycles. The third-order valence-corrected chi connectivity index (χ3v) is 11.6. The zero-order chi connectivity index (χ0) is 43.6. The molecule has 1 aromatic carbocycles. The fraction of sp³-hybridized carbons (Fsp3) is 0.478. The van der Waals surface area contributed by atoms with Crippen LogP contribution in [-0.2, 0) is 23.4 Å². The van der Waals surface area contributed by atoms with E-state index >= 15 is 4.39 Å². The maximum absolute atomic E-state index is 15.7. The summed E-state index contributed by atoms with van der Waals surface area (Å²) in [5.74, 6) is -1.75. The van der Waals surface area contributed by atoms with Gasteiger partial charge in [-0.1, -0.05) is 111 Å². The molecule has 3 N–H and O–H groups in total. The second-order valence-electron chi connectivity index (χ2n) is 14.8. The van der Waals surface area contributed by atoms with Gasteiger partial charge >= 0.3 is 19.3 Å². The number of aliphatic hydroxyl groups is 1. The minimum Gasteiger partial charge on any atom is -0.481 e. The number of alkyl halides is 1. The Morgan fingerprint density at radius 1 is 0.900 bits per heavy atom. The van der Waals surface area contributed by atoms with Crippen molar-refractivity contribution in [1.29, 1.82) is 0 Å². The first-order chi connectivity index (χ1) is 28.9. The highest BCUT2D eigenvalue weighted by molar-refractivity contribution is 7.54. The number of carbonyl (C=O) groups excluding carboxylic acids is 1. The van der Waals surface area contributed by atoms with E-state index < -0.39 is 61.4 Å². The summed E-state index contributed by atoms with van der Waals surface area (Å²) >= 11 is 0. The van der Waals surface area contributed by atoms with Crippen molar-refractivity contribution in [3.8, 4) is 5.75 Å². The van der Waals surface area contributed by atoms with E-state index in [4.69, 9.17) is 13.8 Å². The van der Waals surface area contributed by atoms with Crippen LogP contribution in [0.2, 0.25) is 0 Å². The zero-order valence-corrected chi connectivity index (χ0v) is 35.7. The molecule has 0 bridgehead atoms. The van der Waals surface area contributed by atoms with Crippen molar-refractivity contribution >= 4 is 19.3 Å². The average molecular weight is 853 g/mol. The smallest absolute Gasteiger partial charge is 0.379 e. The molecule has 0 radical (unpaired) electrons. The van der Waals surface area contributed by atoms with Crippen molar-refractivity contribution in [2.24, 2.45) is 5.92 Å². The summed E-state index contributed by atoms with van der Waals surface area (Å²) in [5, 5.41) is 20.6. The van der Waals surface area contributed by atoms with Crippen molar-refractivity contribution in [3.05, 3.63) is 136 Å². The third kappa shape index (κ3) is 18.3. The molecule has 0 aliphatic carbocycles. The van der Waals surface area contributed by atoms with Crippen molar-refractivity contribution in [1.82, 2.24) is 9.55 Å². The number of nitrogens with zero attached hydrogens (tertiary/aromatic N) is 1. The van der Waals surface area contributed by atoms with Gasteiger partial charge in [0.15, 0.2) is 11.9 Å². The minimum absolute atomic E-state index is 0.0694. The van der Waals surface area contributed by atoms with E-state index in [1.54, 1.807) is 30.3 Å². The number of carboxylic acid groups (broad SMARTS) is 1. The van der Waals surface area contributed by atoms with Gasteiger partial charge in [-0.25, -0.2) is 13.8 Å². The summed E-state index contributed by atoms with van der Waals surface area (Å²) in [6, 6.07) is 9.31. The molecule has 14 heteroatoms. The van der Waals surface area contributed by atoms with Gasteiger partial charge in [0.05, 0.1) is 18.7 Å². The van der Waals surface area contributed by atoms with Crippen molar-refractivity contribution in [3.63, 3.8) is 0 Å². The van der Waals surface area contributed by atoms with E-state index in [9.17, 15) is 34.0 Å². The van der Waals surface area contributed by atoms with Gasteiger partial charge in [0, 0.05) is 25.1 Å². The van der Waals surface area contributed by atoms with E-state index in [0.29, 0.717) is 25.7 Å². The maximum atomic E-state index is 15.7. The number of aliphatic hydroxyl groups excluding tert-OH is 1. The van der Waals surface area contributed by atoms with Crippen LogP contribution in [0.15, 0.2) is 125 Å². The number of Topliss-reactive ketones (excluding diaryl/α,β-unsaturated/α-hetero) is 1. The number of aliphatic carboxylic acids is 1. The number of ether oxygens (including phenoxy) is 1. The number of para-hydroxylation sites is 1. The molecule has 60 heavy (non-hydrogen) atoms. The van der Waals surface area contributed by atoms with Crippen molar-refractivity contribution in [2.75, 3.05) is 12.8 Å². The summed E-state index contributed by atoms with van der Waals surface area (Å²) in [6.45, 7) is 2.63. The first kappa shape index (κ1) is 49.7. The molecule has 3 unspecified atom stereocenters. The number of ketones is 1. The zero-order valence-electron chi connectivity index (χ0n) is 34.8. The number of hydrogen-bond acceptors (Lipinski definition) is 9. The van der Waals surface area contributed by atoms with Crippen LogP contribution in [0.4, 0.5) is 4.39 Å². The minimum atomic E-state index is -3.93. The Labute approximate surface area is 352 Å². The number of carbonyl (C=O) groups is 2. The van der Waals surface area contributed by atoms with E-state index in [1.165, 1.54) is 0 Å². The molecule has 3 rings (SSSR count). The molecule has 6 atom stereocenters. The number of aromatic amines is 1. The molecule has 328 valence electrons. The SMILES string of the molecule is CC/C=C\C/C=C\C/C=C\C/C=C\C/C=C\C/C=C\CCC(=O)CC(CCCCCP(=O)(OC[C@H]1OC(n2ccc(=O)[nH]c2=O)[C@](C)(F)[C@@H]1O)Oc1ccccc1)C(=O)O. The third-order valence-electron chi connectivity index (χ3n) is 9.74. The number of halogens is 1. The largest absolute Gasteiger partial charge is 0.481 e. The lowest BCUT2D eigenvalue weighted by atomic mass is 9.94. The van der Waals surface area contributed by atoms with Gasteiger partial charge in [-0.2, -0.15) is 0 Å². The van der Waals surface area contributed by atoms with Crippen LogP contribution in [0.25, 0.3) is 0 Å². The van der Waals surface area contributed by atoms with Crippen LogP contribution in [0.1, 0.15) is 104 Å². The highest BCUT2D eigenvalue weighted by atomic mass is 31.2. The van der Waals surface area contributed by atoms with Crippen molar-refractivity contribution < 1.29 is 42.5 Å². The van der Waals surface area contributed by atoms with Crippen LogP contribution in [0.5, 0.6) is 5.75 Å². The molecule has 1 saturated heterocycles. The standard InChI is InChI=1S/C46H62FN2O10P/c1-3-4-5-6-7-8-9-10-11-12-13-14-15-16-17-18-19-20-24-29-38(50)35-37(43(53)54)28-23-22-27-34-60(56,59-39-30-25-21-26-31-39)57-36-40-42(52)46(2,47)44(58-40)49-33-32-41(51)48-45(49)55/h4-5,7-8,10-11,13-14,16-17,19-21,25-26,30-33,37,40,42,44,52H,3,6,9,12,15,18,22-24,27-29,34-36H2,1-2H3,(H,53,54)(H,48,51,55)/b5-4-,8-7-,11-10-,14-13-,17-16-,20-19-/t37?,40-,42-,44?,46-,60?/m1/s1. The maximum Gasteiger partial charge on any atom is 0.379 e. The number of H-pyrrole nitrogens is 1. The normalized spacial score (nSPS) is 21.3. The van der Waals surface area contributed by atoms with Gasteiger partial charge in [0.1, 0.15) is 23.7 Å². The molecule has 0 spiro atoms. The summed E-state index contributed by atoms with van der Waals surface area (Å²) < 4.78 is 47.7. The van der Waals surface area contributed by atoms with Gasteiger partial charge in [0.2, 0.25) is 0 Å². The number of nitrogens with one attached hydrogen (secondary N) is 1. The Morgan fingerprint density at radius 3 is 2.05 bits per heavy atom. The number of rotatable bonds is 29. The fourth-order valence-electron chi connectivity index (χ4n) is 6.37. The van der Waals surface area contributed by atoms with Gasteiger partial charge in [-0.3, -0.25) is 28.5 Å². The predicted octanol–water partition coefficient (Wildman–Crippen LogP) is 9.51. The molecule has 1 aromatic heterocycles. The molecule has 1 fully saturated rings. The lowest BCUT2D eigenvalue weighted by Gasteiger charge is -2.24. The topological polar surface area (TPSA) is 174 Å². The molecular formula is C46H62FN2O10P. The Morgan fingerprint density at radius 2 is 1.48 bits per heavy atom. The highest BCUT2D eigenvalue weighted by Gasteiger charge is 2.55. The predicted molar refractivity (Wildman–Crippen MR) is 233 cm³/mol. The van der Waals surface area contributed by atoms with E-state index in [0.717, 1.165) is 62.3 Å². The van der Waals surface area contributed by atoms with E-state index in [1.807, 2.05) is 17.1 Å². The number of unbranched alkanes of at least 4 members (excludes halogenated alkanes) is 2. The second kappa shape index (κ2) is 27.2. The van der Waals surface area contributed by atoms with Crippen LogP contribution in [-0.4, -0.2) is 62.2 Å². The molecular weight excluding hydrogens is 790 g/mol.